The van der Waals surface area contributed by atoms with Crippen LogP contribution in [0.3, 0.4) is 0 Å². The van der Waals surface area contributed by atoms with Crippen LogP contribution in [0, 0.1) is 5.92 Å². The quantitative estimate of drug-likeness (QED) is 0.391. The van der Waals surface area contributed by atoms with Gasteiger partial charge < -0.3 is 4.74 Å². The molecule has 3 nitrogen and oxygen atoms in total. The van der Waals surface area contributed by atoms with Crippen LogP contribution in [0.4, 0.5) is 8.78 Å². The Morgan fingerprint density at radius 3 is 2.53 bits per heavy atom. The van der Waals surface area contributed by atoms with Gasteiger partial charge in [0.15, 0.2) is 0 Å². The molecule has 0 spiro atoms. The smallest absolute Gasteiger partial charge is 0.261 e. The van der Waals surface area contributed by atoms with Gasteiger partial charge in [0.1, 0.15) is 6.61 Å². The Hall–Kier alpha value is -0.260. The second-order valence-corrected chi connectivity index (χ2v) is 4.07. The highest BCUT2D eigenvalue weighted by Crippen LogP contribution is 2.28. The van der Waals surface area contributed by atoms with Gasteiger partial charge in [-0.3, -0.25) is 11.3 Å². The van der Waals surface area contributed by atoms with E-state index in [1.54, 1.807) is 0 Å². The van der Waals surface area contributed by atoms with Crippen LogP contribution in [0.1, 0.15) is 32.1 Å². The van der Waals surface area contributed by atoms with E-state index in [1.807, 2.05) is 0 Å². The number of halogens is 2. The highest BCUT2D eigenvalue weighted by Gasteiger charge is 2.23. The Morgan fingerprint density at radius 2 is 2.00 bits per heavy atom. The molecule has 1 rings (SSSR count). The molecule has 90 valence electrons. The summed E-state index contributed by atoms with van der Waals surface area (Å²) in [7, 11) is 0. The summed E-state index contributed by atoms with van der Waals surface area (Å²) in [4.78, 5) is 0. The molecule has 1 aliphatic carbocycles. The molecule has 1 unspecified atom stereocenters. The van der Waals surface area contributed by atoms with Crippen LogP contribution in [0.15, 0.2) is 0 Å². The van der Waals surface area contributed by atoms with Gasteiger partial charge >= 0.3 is 0 Å². The van der Waals surface area contributed by atoms with Crippen molar-refractivity contribution in [3.05, 3.63) is 0 Å². The van der Waals surface area contributed by atoms with Gasteiger partial charge in [-0.05, 0) is 25.2 Å². The van der Waals surface area contributed by atoms with Gasteiger partial charge in [-0.1, -0.05) is 12.8 Å². The third kappa shape index (κ3) is 4.86. The minimum absolute atomic E-state index is 0.213. The molecule has 0 aliphatic heterocycles. The van der Waals surface area contributed by atoms with E-state index in [4.69, 9.17) is 10.6 Å². The fraction of sp³-hybridized carbons (Fsp3) is 1.00. The Balaban J connectivity index is 2.10. The lowest BCUT2D eigenvalue weighted by atomic mass is 9.96. The maximum absolute atomic E-state index is 11.8. The molecule has 0 aromatic carbocycles. The van der Waals surface area contributed by atoms with Gasteiger partial charge in [0, 0.05) is 12.6 Å². The molecule has 0 aromatic heterocycles. The Labute approximate surface area is 89.3 Å². The summed E-state index contributed by atoms with van der Waals surface area (Å²) < 4.78 is 28.4. The van der Waals surface area contributed by atoms with E-state index >= 15 is 0 Å². The average Bonchev–Trinajstić information content (AvgIpc) is 2.70. The van der Waals surface area contributed by atoms with Crippen LogP contribution in [-0.4, -0.2) is 25.7 Å². The van der Waals surface area contributed by atoms with E-state index in [1.165, 1.54) is 25.7 Å². The summed E-state index contributed by atoms with van der Waals surface area (Å²) in [6.45, 7) is -0.113. The molecule has 0 heterocycles. The lowest BCUT2D eigenvalue weighted by Gasteiger charge is -2.22. The molecule has 1 fully saturated rings. The summed E-state index contributed by atoms with van der Waals surface area (Å²) >= 11 is 0. The van der Waals surface area contributed by atoms with E-state index in [-0.39, 0.29) is 6.04 Å². The van der Waals surface area contributed by atoms with Crippen LogP contribution < -0.4 is 11.3 Å². The van der Waals surface area contributed by atoms with E-state index in [0.717, 1.165) is 0 Å². The SMILES string of the molecule is NNC(CCOCC(F)F)C1CCCC1. The zero-order valence-corrected chi connectivity index (χ0v) is 8.92. The van der Waals surface area contributed by atoms with Crippen LogP contribution >= 0.6 is 0 Å². The average molecular weight is 222 g/mol. The number of nitrogens with two attached hydrogens (primary N) is 1. The first-order chi connectivity index (χ1) is 7.24. The molecule has 3 N–H and O–H groups in total. The van der Waals surface area contributed by atoms with Crippen LogP contribution in [0.25, 0.3) is 0 Å². The zero-order chi connectivity index (χ0) is 11.1. The van der Waals surface area contributed by atoms with Gasteiger partial charge in [0.25, 0.3) is 6.43 Å². The topological polar surface area (TPSA) is 47.3 Å². The highest BCUT2D eigenvalue weighted by molar-refractivity contribution is 4.78. The molecule has 0 aromatic rings. The zero-order valence-electron chi connectivity index (χ0n) is 8.92. The standard InChI is InChI=1S/C10H20F2N2O/c11-10(12)7-15-6-5-9(14-13)8-3-1-2-4-8/h8-10,14H,1-7,13H2. The van der Waals surface area contributed by atoms with Gasteiger partial charge in [-0.15, -0.1) is 0 Å². The number of alkyl halides is 2. The number of nitrogens with one attached hydrogen (secondary N) is 1. The summed E-state index contributed by atoms with van der Waals surface area (Å²) in [6, 6.07) is 0.213. The van der Waals surface area contributed by atoms with Crippen molar-refractivity contribution in [2.45, 2.75) is 44.6 Å². The first kappa shape index (κ1) is 12.8. The molecule has 5 heteroatoms. The Kier molecular flexibility index (Phi) is 6.05. The predicted molar refractivity (Wildman–Crippen MR) is 54.5 cm³/mol. The van der Waals surface area contributed by atoms with Crippen molar-refractivity contribution in [3.63, 3.8) is 0 Å². The van der Waals surface area contributed by atoms with Crippen molar-refractivity contribution < 1.29 is 13.5 Å². The van der Waals surface area contributed by atoms with Crippen LogP contribution in [0.2, 0.25) is 0 Å². The third-order valence-electron chi connectivity index (χ3n) is 3.00. The van der Waals surface area contributed by atoms with Gasteiger partial charge in [0.05, 0.1) is 0 Å². The maximum Gasteiger partial charge on any atom is 0.261 e. The van der Waals surface area contributed by atoms with Crippen molar-refractivity contribution in [1.29, 1.82) is 0 Å². The largest absolute Gasteiger partial charge is 0.375 e. The number of hydrogen-bond donors (Lipinski definition) is 2. The second-order valence-electron chi connectivity index (χ2n) is 4.07. The Morgan fingerprint density at radius 1 is 1.33 bits per heavy atom. The predicted octanol–water partition coefficient (Wildman–Crippen LogP) is 1.68. The van der Waals surface area contributed by atoms with Crippen LogP contribution in [-0.2, 0) is 4.74 Å². The Bertz CT molecular complexity index is 164. The van der Waals surface area contributed by atoms with E-state index in [2.05, 4.69) is 5.43 Å². The van der Waals surface area contributed by atoms with Crippen molar-refractivity contribution >= 4 is 0 Å². The van der Waals surface area contributed by atoms with E-state index in [0.29, 0.717) is 18.9 Å². The van der Waals surface area contributed by atoms with Crippen molar-refractivity contribution in [1.82, 2.24) is 5.43 Å². The molecule has 1 aliphatic rings. The van der Waals surface area contributed by atoms with Crippen molar-refractivity contribution in [2.75, 3.05) is 13.2 Å². The molecule has 15 heavy (non-hydrogen) atoms. The third-order valence-corrected chi connectivity index (χ3v) is 3.00. The van der Waals surface area contributed by atoms with Gasteiger partial charge in [-0.25, -0.2) is 8.78 Å². The number of rotatable bonds is 7. The molecule has 1 atom stereocenters. The number of hydrazine groups is 1. The molecular weight excluding hydrogens is 202 g/mol. The molecule has 0 saturated heterocycles. The number of ether oxygens (including phenoxy) is 1. The second kappa shape index (κ2) is 7.09. The normalized spacial score (nSPS) is 20.0. The first-order valence-corrected chi connectivity index (χ1v) is 5.56. The molecule has 1 saturated carbocycles. The molecule has 0 radical (unpaired) electrons. The van der Waals surface area contributed by atoms with Gasteiger partial charge in [-0.2, -0.15) is 0 Å². The summed E-state index contributed by atoms with van der Waals surface area (Å²) in [5.74, 6) is 6.03. The van der Waals surface area contributed by atoms with E-state index < -0.39 is 13.0 Å². The fourth-order valence-corrected chi connectivity index (χ4v) is 2.20. The summed E-state index contributed by atoms with van der Waals surface area (Å²) in [6.07, 6.45) is 3.21. The monoisotopic (exact) mass is 222 g/mol. The van der Waals surface area contributed by atoms with Crippen molar-refractivity contribution in [2.24, 2.45) is 11.8 Å². The first-order valence-electron chi connectivity index (χ1n) is 5.56. The molecule has 0 bridgehead atoms. The summed E-state index contributed by atoms with van der Waals surface area (Å²) in [5, 5.41) is 0. The fourth-order valence-electron chi connectivity index (χ4n) is 2.20. The maximum atomic E-state index is 11.8. The van der Waals surface area contributed by atoms with Crippen molar-refractivity contribution in [3.8, 4) is 0 Å². The minimum Gasteiger partial charge on any atom is -0.375 e. The number of hydrogen-bond acceptors (Lipinski definition) is 3. The lowest BCUT2D eigenvalue weighted by Crippen LogP contribution is -2.40. The molecular formula is C10H20F2N2O. The highest BCUT2D eigenvalue weighted by atomic mass is 19.3. The summed E-state index contributed by atoms with van der Waals surface area (Å²) in [5.41, 5.74) is 2.76. The lowest BCUT2D eigenvalue weighted by molar-refractivity contribution is 0.0128. The van der Waals surface area contributed by atoms with Gasteiger partial charge in [0.2, 0.25) is 0 Å². The van der Waals surface area contributed by atoms with Crippen LogP contribution in [0.5, 0.6) is 0 Å². The molecule has 0 amide bonds. The minimum atomic E-state index is -2.37. The van der Waals surface area contributed by atoms with E-state index in [9.17, 15) is 8.78 Å².